The highest BCUT2D eigenvalue weighted by Gasteiger charge is 2.51. The van der Waals surface area contributed by atoms with E-state index >= 15 is 0 Å². The Morgan fingerprint density at radius 1 is 1.15 bits per heavy atom. The summed E-state index contributed by atoms with van der Waals surface area (Å²) < 4.78 is 52.5. The number of rotatable bonds is 9. The number of piperidine rings is 1. The van der Waals surface area contributed by atoms with Gasteiger partial charge in [-0.3, -0.25) is 4.90 Å². The summed E-state index contributed by atoms with van der Waals surface area (Å²) in [6.45, 7) is 4.84. The van der Waals surface area contributed by atoms with Gasteiger partial charge in [0.1, 0.15) is 24.2 Å². The molecule has 5 fully saturated rings. The van der Waals surface area contributed by atoms with Crippen LogP contribution in [-0.4, -0.2) is 126 Å². The monoisotopic (exact) mass is 653 g/mol. The lowest BCUT2D eigenvalue weighted by atomic mass is 9.86. The van der Waals surface area contributed by atoms with E-state index in [2.05, 4.69) is 26.3 Å². The van der Waals surface area contributed by atoms with Gasteiger partial charge >= 0.3 is 12.3 Å². The Morgan fingerprint density at radius 2 is 1.96 bits per heavy atom. The van der Waals surface area contributed by atoms with Crippen LogP contribution < -0.4 is 15.0 Å². The lowest BCUT2D eigenvalue weighted by Crippen LogP contribution is -2.71. The Balaban J connectivity index is 1.00. The first-order chi connectivity index (χ1) is 22.7. The molecule has 250 valence electrons. The lowest BCUT2D eigenvalue weighted by Gasteiger charge is -2.56. The minimum atomic E-state index is -4.27. The number of carbonyl (C=O) groups is 1. The highest BCUT2D eigenvalue weighted by atomic mass is 19.4. The van der Waals surface area contributed by atoms with Gasteiger partial charge in [-0.2, -0.15) is 23.5 Å². The van der Waals surface area contributed by atoms with Crippen molar-refractivity contribution in [1.29, 1.82) is 5.26 Å². The zero-order chi connectivity index (χ0) is 32.8. The van der Waals surface area contributed by atoms with E-state index in [-0.39, 0.29) is 36.6 Å². The molecule has 8 heterocycles. The van der Waals surface area contributed by atoms with E-state index < -0.39 is 6.30 Å². The number of alkyl halides is 3. The van der Waals surface area contributed by atoms with E-state index in [1.54, 1.807) is 24.0 Å². The van der Waals surface area contributed by atoms with Gasteiger partial charge in [0.05, 0.1) is 42.2 Å². The number of pyridine rings is 2. The largest absolute Gasteiger partial charge is 0.491 e. The molecule has 15 heteroatoms. The van der Waals surface area contributed by atoms with Crippen molar-refractivity contribution in [2.75, 3.05) is 77.6 Å². The Hall–Kier alpha value is -4.13. The van der Waals surface area contributed by atoms with Crippen LogP contribution in [-0.2, 0) is 4.74 Å². The van der Waals surface area contributed by atoms with Crippen LogP contribution in [0.25, 0.3) is 16.6 Å². The quantitative estimate of drug-likeness (QED) is 0.275. The summed E-state index contributed by atoms with van der Waals surface area (Å²) in [6.07, 6.45) is 3.06. The second-order valence-corrected chi connectivity index (χ2v) is 13.1. The first-order valence-electron chi connectivity index (χ1n) is 16.0. The molecule has 1 N–H and O–H groups in total. The van der Waals surface area contributed by atoms with Gasteiger partial charge in [-0.25, -0.2) is 19.2 Å². The fourth-order valence-electron chi connectivity index (χ4n) is 7.69. The zero-order valence-corrected chi connectivity index (χ0v) is 26.2. The van der Waals surface area contributed by atoms with Crippen LogP contribution in [0.4, 0.5) is 23.8 Å². The summed E-state index contributed by atoms with van der Waals surface area (Å²) in [7, 11) is 1.61. The summed E-state index contributed by atoms with van der Waals surface area (Å²) in [5.74, 6) is 1.39. The first kappa shape index (κ1) is 31.5. The number of nitrogens with one attached hydrogen (secondary N) is 1. The summed E-state index contributed by atoms with van der Waals surface area (Å²) in [5, 5.41) is 17.1. The third-order valence-corrected chi connectivity index (χ3v) is 10.1. The Labute approximate surface area is 270 Å². The predicted molar refractivity (Wildman–Crippen MR) is 166 cm³/mol. The van der Waals surface area contributed by atoms with Crippen molar-refractivity contribution in [2.45, 2.75) is 37.6 Å². The van der Waals surface area contributed by atoms with Crippen molar-refractivity contribution >= 4 is 17.4 Å². The lowest BCUT2D eigenvalue weighted by molar-refractivity contribution is -0.240. The smallest absolute Gasteiger partial charge is 0.459 e. The highest BCUT2D eigenvalue weighted by molar-refractivity contribution is 5.85. The molecule has 5 aliphatic heterocycles. The van der Waals surface area contributed by atoms with Crippen molar-refractivity contribution in [3.63, 3.8) is 0 Å². The number of halogens is 3. The minimum Gasteiger partial charge on any atom is -0.491 e. The molecule has 12 nitrogen and oxygen atoms in total. The number of piperazine rings is 1. The number of anilines is 1. The predicted octanol–water partition coefficient (Wildman–Crippen LogP) is 3.18. The third kappa shape index (κ3) is 6.17. The van der Waals surface area contributed by atoms with Gasteiger partial charge < -0.3 is 24.6 Å². The Morgan fingerprint density at radius 3 is 2.66 bits per heavy atom. The van der Waals surface area contributed by atoms with Crippen LogP contribution in [0.1, 0.15) is 24.8 Å². The summed E-state index contributed by atoms with van der Waals surface area (Å²) in [5.41, 5.74) is 2.34. The van der Waals surface area contributed by atoms with Crippen molar-refractivity contribution in [1.82, 2.24) is 34.6 Å². The maximum Gasteiger partial charge on any atom is 0.459 e. The van der Waals surface area contributed by atoms with Crippen LogP contribution >= 0.6 is 0 Å². The minimum absolute atomic E-state index is 0.0538. The SMILES string of the molecule is COCCNC(=O)N1C2CC1CN(c1ccc(-c3cc(OCCN4CCC5(CCN(C(F)(F)F)C5)C4)cn4ncc(C#N)c34)cn1)C2. The van der Waals surface area contributed by atoms with Gasteiger partial charge in [0.2, 0.25) is 0 Å². The number of ether oxygens (including phenoxy) is 2. The number of fused-ring (bicyclic) bond motifs is 3. The number of hydrogen-bond acceptors (Lipinski definition) is 9. The van der Waals surface area contributed by atoms with Crippen molar-refractivity contribution in [3.05, 3.63) is 42.4 Å². The molecule has 0 aliphatic carbocycles. The normalized spacial score (nSPS) is 24.6. The summed E-state index contributed by atoms with van der Waals surface area (Å²) in [6, 6.07) is 8.25. The van der Waals surface area contributed by atoms with E-state index in [0.717, 1.165) is 36.3 Å². The molecule has 1 spiro atoms. The molecule has 3 unspecified atom stereocenters. The van der Waals surface area contributed by atoms with Crippen LogP contribution in [0.2, 0.25) is 0 Å². The van der Waals surface area contributed by atoms with Gasteiger partial charge in [0.15, 0.2) is 0 Å². The molecule has 5 aliphatic rings. The number of amides is 2. The van der Waals surface area contributed by atoms with E-state index in [0.29, 0.717) is 74.1 Å². The fraction of sp³-hybridized carbons (Fsp3) is 0.562. The van der Waals surface area contributed by atoms with E-state index in [4.69, 9.17) is 14.5 Å². The molecular weight excluding hydrogens is 615 g/mol. The second-order valence-electron chi connectivity index (χ2n) is 13.1. The van der Waals surface area contributed by atoms with E-state index in [9.17, 15) is 23.2 Å². The number of aromatic nitrogens is 3. The molecular formula is C32H38F3N9O3. The Kier molecular flexibility index (Phi) is 8.35. The van der Waals surface area contributed by atoms with Gasteiger partial charge in [0, 0.05) is 70.2 Å². The topological polar surface area (TPSA) is 115 Å². The Bertz CT molecular complexity index is 1650. The van der Waals surface area contributed by atoms with Crippen molar-refractivity contribution in [2.24, 2.45) is 5.41 Å². The maximum absolute atomic E-state index is 13.2. The second kappa shape index (κ2) is 12.5. The molecule has 3 aromatic rings. The van der Waals surface area contributed by atoms with E-state index in [1.807, 2.05) is 23.1 Å². The molecule has 8 rings (SSSR count). The van der Waals surface area contributed by atoms with Crippen LogP contribution in [0, 0.1) is 16.7 Å². The van der Waals surface area contributed by atoms with Crippen molar-refractivity contribution in [3.8, 4) is 22.9 Å². The fourth-order valence-corrected chi connectivity index (χ4v) is 7.69. The summed E-state index contributed by atoms with van der Waals surface area (Å²) >= 11 is 0. The number of nitriles is 1. The number of methoxy groups -OCH3 is 1. The molecule has 47 heavy (non-hydrogen) atoms. The molecule has 0 radical (unpaired) electrons. The van der Waals surface area contributed by atoms with Gasteiger partial charge in [0.25, 0.3) is 0 Å². The maximum atomic E-state index is 13.2. The molecule has 0 saturated carbocycles. The van der Waals surface area contributed by atoms with Crippen LogP contribution in [0.5, 0.6) is 5.75 Å². The first-order valence-corrected chi connectivity index (χ1v) is 16.0. The highest BCUT2D eigenvalue weighted by Crippen LogP contribution is 2.43. The molecule has 5 saturated heterocycles. The number of urea groups is 1. The summed E-state index contributed by atoms with van der Waals surface area (Å²) in [4.78, 5) is 24.3. The molecule has 2 amide bonds. The van der Waals surface area contributed by atoms with Gasteiger partial charge in [-0.1, -0.05) is 0 Å². The number of nitrogens with zero attached hydrogens (tertiary/aromatic N) is 8. The number of likely N-dealkylation sites (tertiary alicyclic amines) is 2. The van der Waals surface area contributed by atoms with Crippen LogP contribution in [0.15, 0.2) is 36.8 Å². The molecule has 3 aromatic heterocycles. The third-order valence-electron chi connectivity index (χ3n) is 10.1. The molecule has 2 bridgehead atoms. The van der Waals surface area contributed by atoms with Gasteiger partial charge in [-0.05, 0) is 49.4 Å². The number of hydrogen-bond donors (Lipinski definition) is 1. The average molecular weight is 654 g/mol. The van der Waals surface area contributed by atoms with Crippen LogP contribution in [0.3, 0.4) is 0 Å². The average Bonchev–Trinajstić information content (AvgIpc) is 3.79. The van der Waals surface area contributed by atoms with Crippen molar-refractivity contribution < 1.29 is 27.4 Å². The zero-order valence-electron chi connectivity index (χ0n) is 26.2. The molecule has 3 atom stereocenters. The molecule has 0 aromatic carbocycles. The van der Waals surface area contributed by atoms with E-state index in [1.165, 1.54) is 6.20 Å². The standard InChI is InChI=1S/C32H38F3N9O3/c1-46-10-6-37-30(45)44-24-12-25(44)18-41(17-24)28-3-2-22(15-38-28)27-13-26(19-43-29(27)23(14-36)16-39-43)47-11-9-40-7-4-31(20-40)5-8-42(21-31)32(33,34)35/h2-3,13,15-16,19,24-25H,4-12,17-18,20-21H2,1H3,(H,37,45). The number of carbonyl (C=O) groups excluding carboxylic acids is 1. The van der Waals surface area contributed by atoms with Gasteiger partial charge in [-0.15, -0.1) is 0 Å².